The molecule has 0 aromatic heterocycles. The van der Waals surface area contributed by atoms with Gasteiger partial charge in [0, 0.05) is 25.3 Å². The highest BCUT2D eigenvalue weighted by atomic mass is 19.1. The van der Waals surface area contributed by atoms with Crippen molar-refractivity contribution in [2.24, 2.45) is 5.73 Å². The molecule has 2 rings (SSSR count). The molecule has 0 aliphatic rings. The second-order valence-corrected chi connectivity index (χ2v) is 4.67. The van der Waals surface area contributed by atoms with E-state index in [9.17, 15) is 4.39 Å². The van der Waals surface area contributed by atoms with Gasteiger partial charge in [-0.3, -0.25) is 0 Å². The van der Waals surface area contributed by atoms with Gasteiger partial charge in [0.25, 0.3) is 0 Å². The Balaban J connectivity index is 2.13. The molecule has 0 aliphatic heterocycles. The number of likely N-dealkylation sites (N-methyl/N-ethyl adjacent to an activating group) is 1. The molecule has 0 fully saturated rings. The number of benzene rings is 2. The fraction of sp³-hybridized carbons (Fsp3) is 0.250. The maximum absolute atomic E-state index is 13.3. The Morgan fingerprint density at radius 3 is 2.47 bits per heavy atom. The van der Waals surface area contributed by atoms with Gasteiger partial charge in [0.1, 0.15) is 5.82 Å². The fourth-order valence-electron chi connectivity index (χ4n) is 2.17. The highest BCUT2D eigenvalue weighted by Crippen LogP contribution is 2.18. The molecule has 0 radical (unpaired) electrons. The monoisotopic (exact) mass is 258 g/mol. The number of halogens is 1. The van der Waals surface area contributed by atoms with Crippen LogP contribution in [0.2, 0.25) is 0 Å². The van der Waals surface area contributed by atoms with Crippen molar-refractivity contribution in [3.63, 3.8) is 0 Å². The van der Waals surface area contributed by atoms with E-state index >= 15 is 0 Å². The van der Waals surface area contributed by atoms with Gasteiger partial charge in [-0.25, -0.2) is 4.39 Å². The number of rotatable bonds is 5. The summed E-state index contributed by atoms with van der Waals surface area (Å²) in [5, 5.41) is 0. The van der Waals surface area contributed by atoms with Gasteiger partial charge in [0.15, 0.2) is 0 Å². The van der Waals surface area contributed by atoms with Gasteiger partial charge >= 0.3 is 0 Å². The van der Waals surface area contributed by atoms with Crippen LogP contribution in [0.5, 0.6) is 0 Å². The highest BCUT2D eigenvalue weighted by Gasteiger charge is 2.14. The van der Waals surface area contributed by atoms with Crippen LogP contribution in [0.25, 0.3) is 0 Å². The summed E-state index contributed by atoms with van der Waals surface area (Å²) in [7, 11) is 1.95. The van der Waals surface area contributed by atoms with Crippen molar-refractivity contribution in [2.75, 3.05) is 18.5 Å². The van der Waals surface area contributed by atoms with Crippen LogP contribution < -0.4 is 10.6 Å². The van der Waals surface area contributed by atoms with Crippen molar-refractivity contribution >= 4 is 5.69 Å². The van der Waals surface area contributed by atoms with Crippen molar-refractivity contribution in [3.05, 3.63) is 66.0 Å². The second-order valence-electron chi connectivity index (χ2n) is 4.67. The molecule has 0 heterocycles. The van der Waals surface area contributed by atoms with E-state index in [1.54, 1.807) is 6.07 Å². The zero-order valence-electron chi connectivity index (χ0n) is 11.1. The Morgan fingerprint density at radius 1 is 1.11 bits per heavy atom. The van der Waals surface area contributed by atoms with Crippen molar-refractivity contribution in [2.45, 2.75) is 12.5 Å². The molecule has 3 heteroatoms. The molecule has 1 atom stereocenters. The predicted molar refractivity (Wildman–Crippen MR) is 77.8 cm³/mol. The number of hydrogen-bond acceptors (Lipinski definition) is 2. The third kappa shape index (κ3) is 3.55. The summed E-state index contributed by atoms with van der Waals surface area (Å²) in [6.45, 7) is 0.530. The van der Waals surface area contributed by atoms with E-state index in [0.717, 1.165) is 12.1 Å². The first-order valence-corrected chi connectivity index (χ1v) is 6.43. The average Bonchev–Trinajstić information content (AvgIpc) is 2.45. The molecule has 100 valence electrons. The summed E-state index contributed by atoms with van der Waals surface area (Å²) in [6.07, 6.45) is 0.852. The van der Waals surface area contributed by atoms with Crippen LogP contribution in [0.3, 0.4) is 0 Å². The Morgan fingerprint density at radius 2 is 1.84 bits per heavy atom. The summed E-state index contributed by atoms with van der Waals surface area (Å²) in [5.41, 5.74) is 7.95. The number of anilines is 1. The van der Waals surface area contributed by atoms with Gasteiger partial charge in [-0.1, -0.05) is 36.4 Å². The fourth-order valence-corrected chi connectivity index (χ4v) is 2.17. The summed E-state index contributed by atoms with van der Waals surface area (Å²) in [6, 6.07) is 17.0. The minimum Gasteiger partial charge on any atom is -0.370 e. The third-order valence-corrected chi connectivity index (χ3v) is 3.35. The van der Waals surface area contributed by atoms with Gasteiger partial charge in [-0.2, -0.15) is 0 Å². The molecule has 0 saturated carbocycles. The van der Waals surface area contributed by atoms with Crippen LogP contribution in [0.15, 0.2) is 54.6 Å². The average molecular weight is 258 g/mol. The second kappa shape index (κ2) is 6.34. The van der Waals surface area contributed by atoms with Crippen LogP contribution in [0.4, 0.5) is 10.1 Å². The van der Waals surface area contributed by atoms with Gasteiger partial charge in [-0.15, -0.1) is 0 Å². The lowest BCUT2D eigenvalue weighted by molar-refractivity contribution is 0.615. The number of hydrogen-bond donors (Lipinski definition) is 1. The normalized spacial score (nSPS) is 12.2. The van der Waals surface area contributed by atoms with Crippen molar-refractivity contribution in [1.82, 2.24) is 0 Å². The van der Waals surface area contributed by atoms with Crippen molar-refractivity contribution < 1.29 is 4.39 Å². The van der Waals surface area contributed by atoms with E-state index in [4.69, 9.17) is 5.73 Å². The van der Waals surface area contributed by atoms with Crippen LogP contribution in [-0.4, -0.2) is 19.6 Å². The molecule has 19 heavy (non-hydrogen) atoms. The Labute approximate surface area is 113 Å². The molecular formula is C16H19FN2. The summed E-state index contributed by atoms with van der Waals surface area (Å²) >= 11 is 0. The molecule has 2 N–H and O–H groups in total. The van der Waals surface area contributed by atoms with Crippen LogP contribution in [0, 0.1) is 5.82 Å². The zero-order chi connectivity index (χ0) is 13.7. The SMILES string of the molecule is CN(c1cccc(F)c1)C(CN)Cc1ccccc1. The van der Waals surface area contributed by atoms with E-state index in [1.807, 2.05) is 36.2 Å². The summed E-state index contributed by atoms with van der Waals surface area (Å²) in [5.74, 6) is -0.222. The van der Waals surface area contributed by atoms with E-state index in [1.165, 1.54) is 17.7 Å². The molecule has 0 spiro atoms. The molecule has 0 bridgehead atoms. The van der Waals surface area contributed by atoms with Crippen LogP contribution in [-0.2, 0) is 6.42 Å². The molecular weight excluding hydrogens is 239 g/mol. The topological polar surface area (TPSA) is 29.3 Å². The summed E-state index contributed by atoms with van der Waals surface area (Å²) in [4.78, 5) is 2.04. The van der Waals surface area contributed by atoms with Crippen molar-refractivity contribution in [1.29, 1.82) is 0 Å². The first kappa shape index (κ1) is 13.6. The lowest BCUT2D eigenvalue weighted by Crippen LogP contribution is -2.39. The van der Waals surface area contributed by atoms with Crippen LogP contribution in [0.1, 0.15) is 5.56 Å². The Hall–Kier alpha value is -1.87. The number of nitrogens with two attached hydrogens (primary N) is 1. The molecule has 0 saturated heterocycles. The van der Waals surface area contributed by atoms with E-state index in [0.29, 0.717) is 6.54 Å². The standard InChI is InChI=1S/C16H19FN2/c1-19(15-9-5-8-14(17)11-15)16(12-18)10-13-6-3-2-4-7-13/h2-9,11,16H,10,12,18H2,1H3. The Bertz CT molecular complexity index is 513. The van der Waals surface area contributed by atoms with E-state index in [-0.39, 0.29) is 11.9 Å². The largest absolute Gasteiger partial charge is 0.370 e. The molecule has 1 unspecified atom stereocenters. The molecule has 2 aromatic rings. The quantitative estimate of drug-likeness (QED) is 0.893. The number of nitrogens with zero attached hydrogens (tertiary/aromatic N) is 1. The lowest BCUT2D eigenvalue weighted by Gasteiger charge is -2.29. The highest BCUT2D eigenvalue weighted by molar-refractivity contribution is 5.47. The molecule has 2 nitrogen and oxygen atoms in total. The minimum absolute atomic E-state index is 0.157. The van der Waals surface area contributed by atoms with E-state index < -0.39 is 0 Å². The third-order valence-electron chi connectivity index (χ3n) is 3.35. The van der Waals surface area contributed by atoms with Crippen LogP contribution >= 0.6 is 0 Å². The van der Waals surface area contributed by atoms with Gasteiger partial charge < -0.3 is 10.6 Å². The Kier molecular flexibility index (Phi) is 4.53. The van der Waals surface area contributed by atoms with Gasteiger partial charge in [-0.05, 0) is 30.2 Å². The smallest absolute Gasteiger partial charge is 0.125 e. The first-order valence-electron chi connectivity index (χ1n) is 6.43. The summed E-state index contributed by atoms with van der Waals surface area (Å²) < 4.78 is 13.3. The predicted octanol–water partition coefficient (Wildman–Crippen LogP) is 2.83. The molecule has 2 aromatic carbocycles. The van der Waals surface area contributed by atoms with E-state index in [2.05, 4.69) is 12.1 Å². The maximum Gasteiger partial charge on any atom is 0.125 e. The maximum atomic E-state index is 13.3. The van der Waals surface area contributed by atoms with Gasteiger partial charge in [0.2, 0.25) is 0 Å². The first-order chi connectivity index (χ1) is 9.20. The molecule has 0 aliphatic carbocycles. The minimum atomic E-state index is -0.222. The van der Waals surface area contributed by atoms with Gasteiger partial charge in [0.05, 0.1) is 0 Å². The molecule has 0 amide bonds. The lowest BCUT2D eigenvalue weighted by atomic mass is 10.0. The van der Waals surface area contributed by atoms with Crippen molar-refractivity contribution in [3.8, 4) is 0 Å². The zero-order valence-corrected chi connectivity index (χ0v) is 11.1.